The number of rotatable bonds is 4. The standard InChI is InChI=1S/C17H19N5O4S.C3H6.C2H2/c1-10-7-8-11(26-10)9-18-15-16(21-27(25)20-15)19-13-6-4-5-12(14(13)23)17(24)22(2)3;1-2-3-1;1-2/h4-8,23H,9H2,1-3H3,(H,18,20)(H,19,21);1-3H2;1-2H. The molecule has 0 saturated heterocycles. The van der Waals surface area contributed by atoms with Crippen LogP contribution in [0.3, 0.4) is 0 Å². The molecule has 1 aromatic carbocycles. The van der Waals surface area contributed by atoms with E-state index in [-0.39, 0.29) is 34.6 Å². The molecule has 2 aliphatic rings. The van der Waals surface area contributed by atoms with Crippen LogP contribution in [0.5, 0.6) is 5.75 Å². The molecule has 0 radical (unpaired) electrons. The van der Waals surface area contributed by atoms with Crippen molar-refractivity contribution in [2.24, 2.45) is 8.80 Å². The first-order valence-electron chi connectivity index (χ1n) is 9.88. The smallest absolute Gasteiger partial charge is 0.269 e. The number of furan rings is 1. The molecular weight excluding hydrogens is 430 g/mol. The molecule has 2 aromatic rings. The zero-order valence-corrected chi connectivity index (χ0v) is 19.1. The third-order valence-corrected chi connectivity index (χ3v) is 4.75. The van der Waals surface area contributed by atoms with Crippen molar-refractivity contribution in [3.8, 4) is 18.6 Å². The molecule has 1 aliphatic carbocycles. The van der Waals surface area contributed by atoms with Gasteiger partial charge in [-0.15, -0.1) is 21.6 Å². The number of carbonyl (C=O) groups excluding carboxylic acids is 1. The summed E-state index contributed by atoms with van der Waals surface area (Å²) in [5.41, 5.74) is 0.394. The van der Waals surface area contributed by atoms with E-state index < -0.39 is 11.2 Å². The number of amides is 1. The van der Waals surface area contributed by atoms with Crippen LogP contribution in [0.2, 0.25) is 0 Å². The summed E-state index contributed by atoms with van der Waals surface area (Å²) in [4.78, 5) is 13.5. The Balaban J connectivity index is 0.000000653. The molecule has 170 valence electrons. The van der Waals surface area contributed by atoms with E-state index in [4.69, 9.17) is 4.42 Å². The Labute approximate surface area is 190 Å². The molecule has 3 N–H and O–H groups in total. The van der Waals surface area contributed by atoms with E-state index in [1.165, 1.54) is 30.2 Å². The van der Waals surface area contributed by atoms with Crippen LogP contribution in [-0.2, 0) is 17.7 Å². The predicted octanol–water partition coefficient (Wildman–Crippen LogP) is 3.01. The Bertz CT molecular complexity index is 1050. The summed E-state index contributed by atoms with van der Waals surface area (Å²) in [5, 5.41) is 16.3. The molecule has 0 spiro atoms. The molecule has 0 bridgehead atoms. The molecule has 1 unspecified atom stereocenters. The summed E-state index contributed by atoms with van der Waals surface area (Å²) in [6.45, 7) is 2.17. The van der Waals surface area contributed by atoms with Crippen LogP contribution >= 0.6 is 0 Å². The van der Waals surface area contributed by atoms with Crippen molar-refractivity contribution >= 4 is 34.4 Å². The molecule has 1 amide bonds. The van der Waals surface area contributed by atoms with Gasteiger partial charge in [0, 0.05) is 14.1 Å². The van der Waals surface area contributed by atoms with Gasteiger partial charge in [0.1, 0.15) is 11.5 Å². The van der Waals surface area contributed by atoms with Gasteiger partial charge in [-0.2, -0.15) is 0 Å². The van der Waals surface area contributed by atoms with Gasteiger partial charge < -0.3 is 25.1 Å². The van der Waals surface area contributed by atoms with Gasteiger partial charge in [0.15, 0.2) is 17.4 Å². The second-order valence-corrected chi connectivity index (χ2v) is 7.89. The first-order chi connectivity index (χ1) is 15.3. The molecule has 9 nitrogen and oxygen atoms in total. The lowest BCUT2D eigenvalue weighted by atomic mass is 10.1. The van der Waals surface area contributed by atoms with Crippen LogP contribution in [0.1, 0.15) is 41.1 Å². The number of carbonyl (C=O) groups is 1. The fourth-order valence-electron chi connectivity index (χ4n) is 2.40. The van der Waals surface area contributed by atoms with Crippen molar-refractivity contribution in [2.45, 2.75) is 32.7 Å². The van der Waals surface area contributed by atoms with E-state index in [1.54, 1.807) is 26.2 Å². The van der Waals surface area contributed by atoms with Crippen molar-refractivity contribution in [3.05, 3.63) is 47.4 Å². The Kier molecular flexibility index (Phi) is 9.04. The van der Waals surface area contributed by atoms with Gasteiger partial charge in [0.25, 0.3) is 17.1 Å². The zero-order chi connectivity index (χ0) is 23.7. The summed E-state index contributed by atoms with van der Waals surface area (Å²) < 4.78 is 25.0. The number of hydrogen-bond donors (Lipinski definition) is 3. The zero-order valence-electron chi connectivity index (χ0n) is 18.3. The number of aromatic hydroxyl groups is 1. The normalized spacial score (nSPS) is 15.7. The van der Waals surface area contributed by atoms with E-state index in [0.29, 0.717) is 12.3 Å². The predicted molar refractivity (Wildman–Crippen MR) is 127 cm³/mol. The van der Waals surface area contributed by atoms with Crippen LogP contribution in [0.4, 0.5) is 5.69 Å². The minimum atomic E-state index is -1.77. The monoisotopic (exact) mass is 457 g/mol. The van der Waals surface area contributed by atoms with Gasteiger partial charge in [-0.3, -0.25) is 4.79 Å². The average molecular weight is 458 g/mol. The first kappa shape index (κ1) is 24.7. The van der Waals surface area contributed by atoms with E-state index in [2.05, 4.69) is 32.3 Å². The average Bonchev–Trinajstić information content (AvgIpc) is 3.54. The van der Waals surface area contributed by atoms with Crippen molar-refractivity contribution in [3.63, 3.8) is 0 Å². The van der Waals surface area contributed by atoms with Gasteiger partial charge >= 0.3 is 0 Å². The van der Waals surface area contributed by atoms with E-state index in [1.807, 2.05) is 19.1 Å². The number of anilines is 1. The minimum absolute atomic E-state index is 0.141. The minimum Gasteiger partial charge on any atom is -0.505 e. The van der Waals surface area contributed by atoms with Crippen molar-refractivity contribution in [1.29, 1.82) is 0 Å². The van der Waals surface area contributed by atoms with E-state index in [0.717, 1.165) is 5.76 Å². The Morgan fingerprint density at radius 1 is 1.16 bits per heavy atom. The van der Waals surface area contributed by atoms with Crippen LogP contribution in [0.15, 0.2) is 43.5 Å². The van der Waals surface area contributed by atoms with Crippen molar-refractivity contribution in [2.75, 3.05) is 19.4 Å². The topological polar surface area (TPSA) is 120 Å². The summed E-state index contributed by atoms with van der Waals surface area (Å²) in [6, 6.07) is 8.38. The summed E-state index contributed by atoms with van der Waals surface area (Å²) in [7, 11) is 3.19. The highest BCUT2D eigenvalue weighted by atomic mass is 32.2. The second kappa shape index (κ2) is 11.7. The number of benzene rings is 1. The molecule has 32 heavy (non-hydrogen) atoms. The molecule has 4 rings (SSSR count). The Morgan fingerprint density at radius 3 is 2.38 bits per heavy atom. The van der Waals surface area contributed by atoms with Gasteiger partial charge in [-0.05, 0) is 31.2 Å². The summed E-state index contributed by atoms with van der Waals surface area (Å²) in [5.74, 6) is 1.37. The number of nitrogens with one attached hydrogen (secondary N) is 2. The van der Waals surface area contributed by atoms with Crippen LogP contribution in [0.25, 0.3) is 0 Å². The van der Waals surface area contributed by atoms with Gasteiger partial charge in [-0.25, -0.2) is 4.21 Å². The third-order valence-electron chi connectivity index (χ3n) is 4.07. The Morgan fingerprint density at radius 2 is 1.81 bits per heavy atom. The maximum absolute atomic E-state index is 12.1. The van der Waals surface area contributed by atoms with Crippen molar-refractivity contribution in [1.82, 2.24) is 10.2 Å². The maximum atomic E-state index is 12.1. The number of hydrogen-bond acceptors (Lipinski definition) is 6. The quantitative estimate of drug-likeness (QED) is 0.480. The number of terminal acetylenes is 1. The number of para-hydroxylation sites is 1. The molecular formula is C22H27N5O4S. The molecule has 10 heteroatoms. The molecule has 1 saturated carbocycles. The molecule has 1 aromatic heterocycles. The van der Waals surface area contributed by atoms with Gasteiger partial charge in [-0.1, -0.05) is 25.3 Å². The number of phenolic OH excluding ortho intramolecular Hbond substituents is 1. The van der Waals surface area contributed by atoms with Gasteiger partial charge in [0.05, 0.1) is 17.8 Å². The number of amidine groups is 2. The van der Waals surface area contributed by atoms with Crippen LogP contribution in [0, 0.1) is 19.8 Å². The Hall–Kier alpha value is -3.58. The van der Waals surface area contributed by atoms with Crippen molar-refractivity contribution < 1.29 is 18.5 Å². The fraction of sp³-hybridized carbons (Fsp3) is 0.318. The number of phenols is 1. The van der Waals surface area contributed by atoms with Gasteiger partial charge in [0.2, 0.25) is 0 Å². The van der Waals surface area contributed by atoms with Crippen LogP contribution in [-0.4, -0.2) is 45.9 Å². The molecule has 2 heterocycles. The number of aryl methyl sites for hydroxylation is 1. The lowest BCUT2D eigenvalue weighted by molar-refractivity contribution is 0.0824. The molecule has 1 fully saturated rings. The van der Waals surface area contributed by atoms with Crippen LogP contribution < -0.4 is 10.6 Å². The third kappa shape index (κ3) is 6.99. The lowest BCUT2D eigenvalue weighted by Crippen LogP contribution is -2.33. The SMILES string of the molecule is C#C.C1CC1.Cc1ccc(CNC2=NS(=O)N=C2Nc2cccc(C(=O)N(C)C)c2O)o1. The maximum Gasteiger partial charge on any atom is 0.269 e. The fourth-order valence-corrected chi connectivity index (χ4v) is 3.03. The second-order valence-electron chi connectivity index (χ2n) is 7.06. The largest absolute Gasteiger partial charge is 0.505 e. The molecule has 1 atom stereocenters. The van der Waals surface area contributed by atoms with E-state index >= 15 is 0 Å². The summed E-state index contributed by atoms with van der Waals surface area (Å²) in [6.07, 6.45) is 12.5. The number of nitrogens with zero attached hydrogens (tertiary/aromatic N) is 3. The summed E-state index contributed by atoms with van der Waals surface area (Å²) >= 11 is -1.77. The van der Waals surface area contributed by atoms with E-state index in [9.17, 15) is 14.1 Å². The highest BCUT2D eigenvalue weighted by molar-refractivity contribution is 7.83. The molecule has 1 aliphatic heterocycles. The highest BCUT2D eigenvalue weighted by Gasteiger charge is 2.22. The first-order valence-corrected chi connectivity index (χ1v) is 10.9. The lowest BCUT2D eigenvalue weighted by Gasteiger charge is -2.15. The highest BCUT2D eigenvalue weighted by Crippen LogP contribution is 2.28.